The normalized spacial score (nSPS) is 12.4. The van der Waals surface area contributed by atoms with Crippen molar-refractivity contribution in [2.45, 2.75) is 38.5 Å². The van der Waals surface area contributed by atoms with Crippen molar-refractivity contribution in [3.63, 3.8) is 0 Å². The van der Waals surface area contributed by atoms with Gasteiger partial charge in [0.15, 0.2) is 0 Å². The summed E-state index contributed by atoms with van der Waals surface area (Å²) in [6.45, 7) is 9.42. The van der Waals surface area contributed by atoms with Crippen LogP contribution in [0.5, 0.6) is 0 Å². The van der Waals surface area contributed by atoms with Gasteiger partial charge in [0, 0.05) is 39.3 Å². The van der Waals surface area contributed by atoms with Crippen LogP contribution in [0.3, 0.4) is 0 Å². The van der Waals surface area contributed by atoms with E-state index in [1.807, 2.05) is 0 Å². The molecule has 2 aliphatic carbocycles. The zero-order chi connectivity index (χ0) is 73.0. The van der Waals surface area contributed by atoms with Gasteiger partial charge in [-0.15, -0.1) is 0 Å². The van der Waals surface area contributed by atoms with Crippen molar-refractivity contribution in [3.05, 3.63) is 491 Å². The van der Waals surface area contributed by atoms with Gasteiger partial charge in [0.05, 0.1) is 5.69 Å². The van der Waals surface area contributed by atoms with Gasteiger partial charge in [-0.25, -0.2) is 0 Å². The minimum atomic E-state index is -0.147. The average Bonchev–Trinajstić information content (AvgIpc) is 1.58. The van der Waals surface area contributed by atoms with Crippen molar-refractivity contribution in [1.29, 1.82) is 0 Å². The molecule has 2 heteroatoms. The van der Waals surface area contributed by atoms with Crippen LogP contribution in [0.15, 0.2) is 425 Å². The summed E-state index contributed by atoms with van der Waals surface area (Å²) in [6, 6.07) is 154. The second-order valence-corrected chi connectivity index (χ2v) is 29.1. The molecular formula is C106H82N2. The Morgan fingerprint density at radius 2 is 0.472 bits per heavy atom. The summed E-state index contributed by atoms with van der Waals surface area (Å²) in [5, 5.41) is 0. The Bertz CT molecular complexity index is 5820. The molecule has 516 valence electrons. The zero-order valence-electron chi connectivity index (χ0n) is 61.3. The van der Waals surface area contributed by atoms with Crippen LogP contribution in [-0.2, 0) is 10.8 Å². The van der Waals surface area contributed by atoms with E-state index in [1.54, 1.807) is 0 Å². The van der Waals surface area contributed by atoms with Crippen LogP contribution in [0.1, 0.15) is 94.5 Å². The van der Waals surface area contributed by atoms with Crippen molar-refractivity contribution in [1.82, 2.24) is 0 Å². The van der Waals surface area contributed by atoms with Crippen LogP contribution in [0.4, 0.5) is 34.1 Å². The molecule has 16 aromatic carbocycles. The van der Waals surface area contributed by atoms with E-state index < -0.39 is 0 Å². The topological polar surface area (TPSA) is 6.48 Å². The third kappa shape index (κ3) is 13.1. The number of benzene rings is 16. The lowest BCUT2D eigenvalue weighted by Gasteiger charge is -2.32. The van der Waals surface area contributed by atoms with Crippen LogP contribution in [0.25, 0.3) is 66.8 Å². The number of hydrogen-bond acceptors (Lipinski definition) is 2. The summed E-state index contributed by atoms with van der Waals surface area (Å²) >= 11 is 0. The lowest BCUT2D eigenvalue weighted by molar-refractivity contribution is 0.660. The van der Waals surface area contributed by atoms with Gasteiger partial charge in [-0.1, -0.05) is 386 Å². The van der Waals surface area contributed by atoms with E-state index in [2.05, 4.69) is 462 Å². The Morgan fingerprint density at radius 1 is 0.185 bits per heavy atom. The summed E-state index contributed by atoms with van der Waals surface area (Å²) in [5.74, 6) is 0. The minimum absolute atomic E-state index is 0.0815. The number of anilines is 6. The van der Waals surface area contributed by atoms with Crippen LogP contribution in [-0.4, -0.2) is 0 Å². The Balaban J connectivity index is 0.000000158. The Labute approximate surface area is 636 Å². The summed E-state index contributed by atoms with van der Waals surface area (Å²) in [6.07, 6.45) is 0. The van der Waals surface area contributed by atoms with Gasteiger partial charge in [-0.05, 0) is 200 Å². The van der Waals surface area contributed by atoms with E-state index in [9.17, 15) is 0 Å². The summed E-state index contributed by atoms with van der Waals surface area (Å²) in [7, 11) is 0. The molecule has 0 fully saturated rings. The molecule has 18 rings (SSSR count). The molecule has 2 aliphatic rings. The number of rotatable bonds is 16. The van der Waals surface area contributed by atoms with E-state index in [-0.39, 0.29) is 10.8 Å². The Hall–Kier alpha value is -13.4. The molecule has 108 heavy (non-hydrogen) atoms. The molecule has 0 saturated heterocycles. The highest BCUT2D eigenvalue weighted by Gasteiger charge is 2.39. The van der Waals surface area contributed by atoms with E-state index in [4.69, 9.17) is 0 Å². The summed E-state index contributed by atoms with van der Waals surface area (Å²) < 4.78 is 0. The zero-order valence-corrected chi connectivity index (χ0v) is 61.3. The molecule has 0 radical (unpaired) electrons. The Morgan fingerprint density at radius 3 is 0.880 bits per heavy atom. The highest BCUT2D eigenvalue weighted by Crippen LogP contribution is 2.55. The first-order valence-electron chi connectivity index (χ1n) is 37.5. The molecule has 2 nitrogen and oxygen atoms in total. The molecule has 0 spiro atoms. The minimum Gasteiger partial charge on any atom is -0.310 e. The van der Waals surface area contributed by atoms with Crippen molar-refractivity contribution < 1.29 is 0 Å². The molecule has 0 atom stereocenters. The highest BCUT2D eigenvalue weighted by molar-refractivity contribution is 6.06. The maximum atomic E-state index is 2.44. The highest BCUT2D eigenvalue weighted by atomic mass is 15.2. The van der Waals surface area contributed by atoms with Crippen molar-refractivity contribution in [2.75, 3.05) is 9.80 Å². The second kappa shape index (κ2) is 29.6. The third-order valence-electron chi connectivity index (χ3n) is 21.8. The second-order valence-electron chi connectivity index (χ2n) is 29.1. The van der Waals surface area contributed by atoms with Crippen LogP contribution in [0, 0.1) is 0 Å². The standard InChI is InChI=1S/2C53H41N/c1-53(2)48-31-16-15-29-46(48)47-30-18-32-49(52(47)53)54(44-26-13-6-14-27-44)45-28-17-25-43(37-45)38-33-35-42(36-34-38)51(41-23-11-5-12-24-41)50(39-19-7-3-8-20-39)40-21-9-4-10-22-40;1-53(2)49-29-16-15-28-47(49)48-35-34-46(37-50(48)53)54(44-25-13-6-14-26-44)45-27-17-24-43(36-45)38-30-32-42(33-31-38)52(41-22-11-5-12-23-41)51(39-18-7-3-8-19-39)40-20-9-4-10-21-40/h2*3-37H,1-2H3. The van der Waals surface area contributed by atoms with E-state index in [1.165, 1.54) is 139 Å². The van der Waals surface area contributed by atoms with Crippen LogP contribution in [0.2, 0.25) is 0 Å². The number of para-hydroxylation sites is 2. The lowest BCUT2D eigenvalue weighted by atomic mass is 9.81. The predicted octanol–water partition coefficient (Wildman–Crippen LogP) is 28.3. The molecule has 0 amide bonds. The fourth-order valence-corrected chi connectivity index (χ4v) is 16.6. The lowest BCUT2D eigenvalue weighted by Crippen LogP contribution is -2.20. The van der Waals surface area contributed by atoms with Gasteiger partial charge in [-0.2, -0.15) is 0 Å². The van der Waals surface area contributed by atoms with Crippen molar-refractivity contribution >= 4 is 56.4 Å². The van der Waals surface area contributed by atoms with Gasteiger partial charge < -0.3 is 9.80 Å². The van der Waals surface area contributed by atoms with E-state index in [0.717, 1.165) is 28.4 Å². The number of nitrogens with zero attached hydrogens (tertiary/aromatic N) is 2. The van der Waals surface area contributed by atoms with Crippen molar-refractivity contribution in [2.24, 2.45) is 0 Å². The van der Waals surface area contributed by atoms with Gasteiger partial charge in [0.25, 0.3) is 0 Å². The molecule has 0 aliphatic heterocycles. The average molecular weight is 1380 g/mol. The fourth-order valence-electron chi connectivity index (χ4n) is 16.6. The molecule has 0 aromatic heterocycles. The molecule has 0 saturated carbocycles. The van der Waals surface area contributed by atoms with Gasteiger partial charge in [0.1, 0.15) is 0 Å². The van der Waals surface area contributed by atoms with Gasteiger partial charge in [-0.3, -0.25) is 0 Å². The van der Waals surface area contributed by atoms with E-state index >= 15 is 0 Å². The van der Waals surface area contributed by atoms with Gasteiger partial charge >= 0.3 is 0 Å². The monoisotopic (exact) mass is 1380 g/mol. The molecule has 0 heterocycles. The SMILES string of the molecule is CC1(C)c2ccccc2-c2ccc(N(c3ccccc3)c3cccc(-c4ccc(C(=C(c5ccccc5)c5ccccc5)c5ccccc5)cc4)c3)cc21.CC1(C)c2ccccc2-c2cccc(N(c3ccccc3)c3cccc(-c4ccc(C(=C(c5ccccc5)c5ccccc5)c5ccccc5)cc4)c3)c21. The van der Waals surface area contributed by atoms with Gasteiger partial charge in [0.2, 0.25) is 0 Å². The molecule has 0 N–H and O–H groups in total. The smallest absolute Gasteiger partial charge is 0.0508 e. The Kier molecular flexibility index (Phi) is 18.6. The number of hydrogen-bond donors (Lipinski definition) is 0. The summed E-state index contributed by atoms with van der Waals surface area (Å²) in [5.41, 5.74) is 36.5. The first-order chi connectivity index (χ1) is 53.1. The maximum absolute atomic E-state index is 2.44. The van der Waals surface area contributed by atoms with Crippen LogP contribution < -0.4 is 9.80 Å². The first-order valence-corrected chi connectivity index (χ1v) is 37.5. The molecule has 0 bridgehead atoms. The maximum Gasteiger partial charge on any atom is 0.0508 e. The summed E-state index contributed by atoms with van der Waals surface area (Å²) in [4.78, 5) is 4.83. The van der Waals surface area contributed by atoms with Crippen LogP contribution >= 0.6 is 0 Å². The molecular weight excluding hydrogens is 1300 g/mol. The number of fused-ring (bicyclic) bond motifs is 6. The first kappa shape index (κ1) is 67.8. The molecule has 0 unspecified atom stereocenters. The quantitative estimate of drug-likeness (QED) is 0.0890. The largest absolute Gasteiger partial charge is 0.310 e. The fraction of sp³-hybridized carbons (Fsp3) is 0.0566. The predicted molar refractivity (Wildman–Crippen MR) is 457 cm³/mol. The third-order valence-corrected chi connectivity index (χ3v) is 21.8. The molecule has 16 aromatic rings. The van der Waals surface area contributed by atoms with Crippen molar-refractivity contribution in [3.8, 4) is 44.5 Å². The van der Waals surface area contributed by atoms with E-state index in [0.29, 0.717) is 0 Å².